The first kappa shape index (κ1) is 6.74. The summed E-state index contributed by atoms with van der Waals surface area (Å²) >= 11 is 0. The Kier molecular flexibility index (Phi) is 1.41. The van der Waals surface area contributed by atoms with E-state index in [4.69, 9.17) is 9.94 Å². The van der Waals surface area contributed by atoms with Crippen LogP contribution in [0, 0.1) is 0 Å². The maximum atomic E-state index is 9.05. The number of hydrogen-bond donors (Lipinski definition) is 1. The summed E-state index contributed by atoms with van der Waals surface area (Å²) in [6.45, 7) is 7.17. The highest BCUT2D eigenvalue weighted by Crippen LogP contribution is 1.91. The normalized spacial score (nSPS) is 9.70. The van der Waals surface area contributed by atoms with Crippen LogP contribution in [0.25, 0.3) is 13.2 Å². The molecule has 0 aliphatic rings. The Balaban J connectivity index is 3.49. The Bertz CT molecular complexity index is 326. The molecule has 3 heteroatoms. The number of aromatic hydroxyl groups is 1. The molecule has 1 N–H and O–H groups in total. The van der Waals surface area contributed by atoms with Gasteiger partial charge < -0.3 is 9.94 Å². The third kappa shape index (κ3) is 0.757. The highest BCUT2D eigenvalue weighted by molar-refractivity contribution is 5.23. The third-order valence-corrected chi connectivity index (χ3v) is 1.29. The van der Waals surface area contributed by atoms with Crippen molar-refractivity contribution in [2.45, 2.75) is 0 Å². The molecule has 0 amide bonds. The van der Waals surface area contributed by atoms with Crippen molar-refractivity contribution in [2.24, 2.45) is 0 Å². The van der Waals surface area contributed by atoms with Crippen LogP contribution in [0.15, 0.2) is 6.07 Å². The minimum Gasteiger partial charge on any atom is -0.506 e. The molecule has 1 heterocycles. The van der Waals surface area contributed by atoms with E-state index in [0.717, 1.165) is 0 Å². The summed E-state index contributed by atoms with van der Waals surface area (Å²) in [5, 5.41) is 10.1. The average Bonchev–Trinajstić information content (AvgIpc) is 2.09. The van der Waals surface area contributed by atoms with Gasteiger partial charge in [0, 0.05) is 6.07 Å². The van der Waals surface area contributed by atoms with Gasteiger partial charge in [-0.15, -0.1) is 0 Å². The van der Waals surface area contributed by atoms with Gasteiger partial charge in [-0.25, -0.2) is 0 Å². The second-order valence-corrected chi connectivity index (χ2v) is 1.94. The van der Waals surface area contributed by atoms with Gasteiger partial charge >= 0.3 is 0 Å². The molecule has 0 aromatic carbocycles. The van der Waals surface area contributed by atoms with Gasteiger partial charge in [-0.3, -0.25) is 0 Å². The first-order valence-electron chi connectivity index (χ1n) is 2.80. The lowest BCUT2D eigenvalue weighted by Gasteiger charge is -1.98. The molecular weight excluding hydrogens is 130 g/mol. The fraction of sp³-hybridized carbons (Fsp3) is 0.143. The highest BCUT2D eigenvalue weighted by Gasteiger charge is 1.97. The Morgan fingerprint density at radius 3 is 2.40 bits per heavy atom. The summed E-state index contributed by atoms with van der Waals surface area (Å²) in [4.78, 5) is 4.83. The molecule has 0 fully saturated rings. The summed E-state index contributed by atoms with van der Waals surface area (Å²) < 4.78 is 1.36. The van der Waals surface area contributed by atoms with Gasteiger partial charge in [-0.05, 0) is 0 Å². The van der Waals surface area contributed by atoms with Crippen molar-refractivity contribution < 1.29 is 9.94 Å². The zero-order valence-corrected chi connectivity index (χ0v) is 5.79. The van der Waals surface area contributed by atoms with Crippen molar-refractivity contribution in [1.82, 2.24) is 4.73 Å². The molecule has 0 aliphatic carbocycles. The molecule has 0 unspecified atom stereocenters. The Labute approximate surface area is 58.4 Å². The van der Waals surface area contributed by atoms with Crippen molar-refractivity contribution in [2.75, 3.05) is 7.11 Å². The zero-order chi connectivity index (χ0) is 7.72. The fourth-order valence-corrected chi connectivity index (χ4v) is 0.805. The monoisotopic (exact) mass is 139 g/mol. The standard InChI is InChI=1S/C7H9NO2/c1-5-4-7(9)6(2)8(5)10-3/h4,9H,1-2H2,3H3. The van der Waals surface area contributed by atoms with E-state index in [9.17, 15) is 0 Å². The lowest BCUT2D eigenvalue weighted by atomic mass is 10.5. The number of aromatic nitrogens is 1. The van der Waals surface area contributed by atoms with Gasteiger partial charge in [0.25, 0.3) is 0 Å². The molecule has 0 radical (unpaired) electrons. The fourth-order valence-electron chi connectivity index (χ4n) is 0.805. The lowest BCUT2D eigenvalue weighted by Crippen LogP contribution is -2.29. The van der Waals surface area contributed by atoms with Crippen LogP contribution >= 0.6 is 0 Å². The van der Waals surface area contributed by atoms with Gasteiger partial charge in [0.15, 0.2) is 0 Å². The maximum absolute atomic E-state index is 9.05. The molecule has 0 saturated carbocycles. The Morgan fingerprint density at radius 2 is 2.20 bits per heavy atom. The van der Waals surface area contributed by atoms with Gasteiger partial charge in [0.05, 0.1) is 5.35 Å². The number of nitrogens with zero attached hydrogens (tertiary/aromatic N) is 1. The van der Waals surface area contributed by atoms with Crippen LogP contribution in [0.3, 0.4) is 0 Å². The average molecular weight is 139 g/mol. The second kappa shape index (κ2) is 2.10. The molecule has 0 aliphatic heterocycles. The van der Waals surface area contributed by atoms with Crippen LogP contribution in [0.4, 0.5) is 0 Å². The SMILES string of the molecule is C=c1cc(O)c(=C)n1OC. The largest absolute Gasteiger partial charge is 0.506 e. The smallest absolute Gasteiger partial charge is 0.144 e. The van der Waals surface area contributed by atoms with E-state index in [1.165, 1.54) is 17.9 Å². The zero-order valence-electron chi connectivity index (χ0n) is 5.79. The van der Waals surface area contributed by atoms with E-state index in [2.05, 4.69) is 13.2 Å². The topological polar surface area (TPSA) is 34.4 Å². The van der Waals surface area contributed by atoms with Crippen molar-refractivity contribution in [1.29, 1.82) is 0 Å². The molecular formula is C7H9NO2. The second-order valence-electron chi connectivity index (χ2n) is 1.94. The van der Waals surface area contributed by atoms with Crippen LogP contribution in [0.1, 0.15) is 0 Å². The van der Waals surface area contributed by atoms with E-state index in [-0.39, 0.29) is 5.75 Å². The predicted octanol–water partition coefficient (Wildman–Crippen LogP) is -0.927. The van der Waals surface area contributed by atoms with Gasteiger partial charge in [0.1, 0.15) is 18.2 Å². The summed E-state index contributed by atoms with van der Waals surface area (Å²) in [5.41, 5.74) is 0. The van der Waals surface area contributed by atoms with E-state index < -0.39 is 0 Å². The van der Waals surface area contributed by atoms with E-state index >= 15 is 0 Å². The first-order valence-corrected chi connectivity index (χ1v) is 2.80. The number of rotatable bonds is 1. The highest BCUT2D eigenvalue weighted by atomic mass is 16.6. The van der Waals surface area contributed by atoms with E-state index in [0.29, 0.717) is 10.7 Å². The van der Waals surface area contributed by atoms with Crippen LogP contribution in [-0.4, -0.2) is 16.9 Å². The van der Waals surface area contributed by atoms with E-state index in [1.807, 2.05) is 0 Å². The van der Waals surface area contributed by atoms with Gasteiger partial charge in [0.2, 0.25) is 0 Å². The molecule has 3 nitrogen and oxygen atoms in total. The van der Waals surface area contributed by atoms with Crippen LogP contribution in [0.2, 0.25) is 0 Å². The summed E-state index contributed by atoms with van der Waals surface area (Å²) in [6.07, 6.45) is 0. The number of hydrogen-bond acceptors (Lipinski definition) is 2. The van der Waals surface area contributed by atoms with Gasteiger partial charge in [-0.2, -0.15) is 4.73 Å². The first-order chi connectivity index (χ1) is 4.66. The molecule has 0 spiro atoms. The van der Waals surface area contributed by atoms with Crippen molar-refractivity contribution in [3.05, 3.63) is 16.8 Å². The quantitative estimate of drug-likeness (QED) is 0.545. The predicted molar refractivity (Wildman–Crippen MR) is 38.9 cm³/mol. The van der Waals surface area contributed by atoms with E-state index in [1.54, 1.807) is 0 Å². The minimum absolute atomic E-state index is 0.104. The Hall–Kier alpha value is -1.38. The lowest BCUT2D eigenvalue weighted by molar-refractivity contribution is 0.153. The molecule has 54 valence electrons. The molecule has 1 rings (SSSR count). The maximum Gasteiger partial charge on any atom is 0.144 e. The van der Waals surface area contributed by atoms with Gasteiger partial charge in [-0.1, -0.05) is 13.2 Å². The minimum atomic E-state index is 0.104. The van der Waals surface area contributed by atoms with Crippen molar-refractivity contribution in [3.63, 3.8) is 0 Å². The van der Waals surface area contributed by atoms with Crippen molar-refractivity contribution >= 4 is 13.2 Å². The molecule has 0 saturated heterocycles. The van der Waals surface area contributed by atoms with Crippen LogP contribution < -0.4 is 15.5 Å². The summed E-state index contributed by atoms with van der Waals surface area (Å²) in [5.74, 6) is 0.104. The molecule has 0 bridgehead atoms. The molecule has 1 aromatic rings. The summed E-state index contributed by atoms with van der Waals surface area (Å²) in [6, 6.07) is 1.49. The van der Waals surface area contributed by atoms with Crippen LogP contribution in [-0.2, 0) is 0 Å². The summed E-state index contributed by atoms with van der Waals surface area (Å²) in [7, 11) is 1.49. The molecule has 10 heavy (non-hydrogen) atoms. The molecule has 1 aromatic heterocycles. The van der Waals surface area contributed by atoms with Crippen LogP contribution in [0.5, 0.6) is 5.75 Å². The van der Waals surface area contributed by atoms with Crippen molar-refractivity contribution in [3.8, 4) is 5.75 Å². The molecule has 0 atom stereocenters. The Morgan fingerprint density at radius 1 is 1.60 bits per heavy atom. The third-order valence-electron chi connectivity index (χ3n) is 1.29.